The number of carbonyl (C=O) groups excluding carboxylic acids is 1. The van der Waals surface area contributed by atoms with Crippen molar-refractivity contribution in [2.24, 2.45) is 7.05 Å². The van der Waals surface area contributed by atoms with Gasteiger partial charge in [0, 0.05) is 22.7 Å². The lowest BCUT2D eigenvalue weighted by atomic mass is 10.1. The van der Waals surface area contributed by atoms with Crippen LogP contribution in [0.4, 0.5) is 0 Å². The van der Waals surface area contributed by atoms with Crippen LogP contribution in [0.15, 0.2) is 16.9 Å². The minimum atomic E-state index is -0.216. The Kier molecular flexibility index (Phi) is 3.94. The molecule has 0 radical (unpaired) electrons. The summed E-state index contributed by atoms with van der Waals surface area (Å²) in [6.07, 6.45) is 0. The fraction of sp³-hybridized carbons (Fsp3) is 0.312. The third kappa shape index (κ3) is 2.64. The molecule has 1 amide bonds. The van der Waals surface area contributed by atoms with Crippen LogP contribution in [0.3, 0.4) is 0 Å². The number of fused-ring (bicyclic) bond motifs is 1. The fourth-order valence-electron chi connectivity index (χ4n) is 2.62. The van der Waals surface area contributed by atoms with Gasteiger partial charge in [-0.15, -0.1) is 0 Å². The van der Waals surface area contributed by atoms with E-state index < -0.39 is 0 Å². The Balaban J connectivity index is 1.95. The molecule has 0 saturated carbocycles. The van der Waals surface area contributed by atoms with E-state index in [1.165, 1.54) is 4.57 Å². The Morgan fingerprint density at radius 2 is 1.78 bits per heavy atom. The van der Waals surface area contributed by atoms with Gasteiger partial charge in [0.25, 0.3) is 11.5 Å². The van der Waals surface area contributed by atoms with Crippen molar-refractivity contribution >= 4 is 29.1 Å². The van der Waals surface area contributed by atoms with Crippen LogP contribution in [0.2, 0.25) is 10.0 Å². The molecule has 2 heterocycles. The molecular formula is C16H15Cl2N3O2. The third-order valence-corrected chi connectivity index (χ3v) is 4.98. The molecule has 2 aromatic rings. The van der Waals surface area contributed by atoms with Gasteiger partial charge in [0.1, 0.15) is 5.82 Å². The van der Waals surface area contributed by atoms with Crippen molar-refractivity contribution in [2.75, 3.05) is 0 Å². The summed E-state index contributed by atoms with van der Waals surface area (Å²) in [4.78, 5) is 31.0. The van der Waals surface area contributed by atoms with E-state index in [1.807, 2.05) is 0 Å². The quantitative estimate of drug-likeness (QED) is 0.793. The second-order valence-corrected chi connectivity index (χ2v) is 6.49. The molecule has 0 bridgehead atoms. The predicted octanol–water partition coefficient (Wildman–Crippen LogP) is 2.86. The van der Waals surface area contributed by atoms with E-state index in [1.54, 1.807) is 37.9 Å². The second-order valence-electron chi connectivity index (χ2n) is 5.67. The van der Waals surface area contributed by atoms with Crippen LogP contribution in [0.25, 0.3) is 0 Å². The third-order valence-electron chi connectivity index (χ3n) is 4.20. The predicted molar refractivity (Wildman–Crippen MR) is 89.0 cm³/mol. The molecule has 1 aliphatic rings. The average molecular weight is 352 g/mol. The van der Waals surface area contributed by atoms with Gasteiger partial charge < -0.3 is 4.90 Å². The SMILES string of the molecule is Cc1c(Cl)cc(C(=O)N2Cc3nc(C)n(C)c(=O)c3C2)cc1Cl. The number of aryl methyl sites for hydroxylation is 1. The highest BCUT2D eigenvalue weighted by Crippen LogP contribution is 2.28. The molecular weight excluding hydrogens is 337 g/mol. The molecule has 0 saturated heterocycles. The first kappa shape index (κ1) is 16.0. The van der Waals surface area contributed by atoms with Gasteiger partial charge in [-0.25, -0.2) is 4.98 Å². The molecule has 0 N–H and O–H groups in total. The van der Waals surface area contributed by atoms with E-state index >= 15 is 0 Å². The van der Waals surface area contributed by atoms with Crippen LogP contribution in [0, 0.1) is 13.8 Å². The summed E-state index contributed by atoms with van der Waals surface area (Å²) >= 11 is 12.2. The molecule has 120 valence electrons. The van der Waals surface area contributed by atoms with Gasteiger partial charge >= 0.3 is 0 Å². The summed E-state index contributed by atoms with van der Waals surface area (Å²) in [7, 11) is 1.68. The largest absolute Gasteiger partial charge is 0.328 e. The van der Waals surface area contributed by atoms with Crippen LogP contribution in [-0.2, 0) is 20.1 Å². The lowest BCUT2D eigenvalue weighted by Gasteiger charge is -2.16. The van der Waals surface area contributed by atoms with Gasteiger partial charge in [-0.2, -0.15) is 0 Å². The van der Waals surface area contributed by atoms with E-state index in [2.05, 4.69) is 4.98 Å². The molecule has 0 unspecified atom stereocenters. The Hall–Kier alpha value is -1.85. The summed E-state index contributed by atoms with van der Waals surface area (Å²) < 4.78 is 1.49. The molecule has 0 fully saturated rings. The number of rotatable bonds is 1. The van der Waals surface area contributed by atoms with Crippen molar-refractivity contribution in [2.45, 2.75) is 26.9 Å². The molecule has 7 heteroatoms. The number of hydrogen-bond acceptors (Lipinski definition) is 3. The normalized spacial score (nSPS) is 13.3. The molecule has 5 nitrogen and oxygen atoms in total. The first-order chi connectivity index (χ1) is 10.8. The zero-order chi connectivity index (χ0) is 16.9. The number of halogens is 2. The molecule has 23 heavy (non-hydrogen) atoms. The van der Waals surface area contributed by atoms with Gasteiger partial charge in [0.05, 0.1) is 24.3 Å². The number of benzene rings is 1. The van der Waals surface area contributed by atoms with Crippen LogP contribution in [0.1, 0.15) is 33.0 Å². The lowest BCUT2D eigenvalue weighted by Crippen LogP contribution is -2.27. The zero-order valence-electron chi connectivity index (χ0n) is 13.0. The number of aromatic nitrogens is 2. The molecule has 0 atom stereocenters. The maximum atomic E-state index is 12.7. The van der Waals surface area contributed by atoms with Gasteiger partial charge in [-0.1, -0.05) is 23.2 Å². The van der Waals surface area contributed by atoms with Crippen LogP contribution >= 0.6 is 23.2 Å². The highest BCUT2D eigenvalue weighted by Gasteiger charge is 2.29. The zero-order valence-corrected chi connectivity index (χ0v) is 14.5. The van der Waals surface area contributed by atoms with E-state index in [-0.39, 0.29) is 18.0 Å². The van der Waals surface area contributed by atoms with Gasteiger partial charge in [0.2, 0.25) is 0 Å². The first-order valence-corrected chi connectivity index (χ1v) is 7.85. The number of amides is 1. The van der Waals surface area contributed by atoms with Crippen molar-refractivity contribution in [1.29, 1.82) is 0 Å². The topological polar surface area (TPSA) is 55.2 Å². The van der Waals surface area contributed by atoms with E-state index in [4.69, 9.17) is 23.2 Å². The number of carbonyl (C=O) groups is 1. The van der Waals surface area contributed by atoms with Crippen molar-refractivity contribution in [1.82, 2.24) is 14.5 Å². The molecule has 3 rings (SSSR count). The maximum absolute atomic E-state index is 12.7. The second kappa shape index (κ2) is 5.65. The van der Waals surface area contributed by atoms with Crippen LogP contribution in [-0.4, -0.2) is 20.4 Å². The van der Waals surface area contributed by atoms with E-state index in [0.717, 1.165) is 5.56 Å². The summed E-state index contributed by atoms with van der Waals surface area (Å²) in [5, 5.41) is 0.893. The average Bonchev–Trinajstić information content (AvgIpc) is 2.93. The van der Waals surface area contributed by atoms with Crippen molar-refractivity contribution in [3.63, 3.8) is 0 Å². The van der Waals surface area contributed by atoms with Crippen molar-refractivity contribution in [3.05, 3.63) is 60.7 Å². The maximum Gasteiger partial charge on any atom is 0.258 e. The van der Waals surface area contributed by atoms with E-state index in [9.17, 15) is 9.59 Å². The Bertz CT molecular complexity index is 867. The standard InChI is InChI=1S/C16H15Cl2N3O2/c1-8-12(17)4-10(5-13(8)18)15(22)21-6-11-14(7-21)19-9(2)20(3)16(11)23/h4-5H,6-7H2,1-3H3. The number of hydrogen-bond donors (Lipinski definition) is 0. The Morgan fingerprint density at radius 1 is 1.17 bits per heavy atom. The van der Waals surface area contributed by atoms with Gasteiger partial charge in [-0.3, -0.25) is 14.2 Å². The smallest absolute Gasteiger partial charge is 0.258 e. The summed E-state index contributed by atoms with van der Waals surface area (Å²) in [5.41, 5.74) is 2.26. The van der Waals surface area contributed by atoms with Gasteiger partial charge in [-0.05, 0) is 31.5 Å². The fourth-order valence-corrected chi connectivity index (χ4v) is 3.11. The minimum absolute atomic E-state index is 0.109. The first-order valence-electron chi connectivity index (χ1n) is 7.10. The Labute approximate surface area is 143 Å². The van der Waals surface area contributed by atoms with E-state index in [0.29, 0.717) is 39.2 Å². The monoisotopic (exact) mass is 351 g/mol. The molecule has 1 aliphatic heterocycles. The highest BCUT2D eigenvalue weighted by molar-refractivity contribution is 6.36. The molecule has 1 aromatic heterocycles. The molecule has 0 aliphatic carbocycles. The lowest BCUT2D eigenvalue weighted by molar-refractivity contribution is 0.0750. The minimum Gasteiger partial charge on any atom is -0.328 e. The molecule has 1 aromatic carbocycles. The Morgan fingerprint density at radius 3 is 2.39 bits per heavy atom. The molecule has 0 spiro atoms. The highest BCUT2D eigenvalue weighted by atomic mass is 35.5. The summed E-state index contributed by atoms with van der Waals surface area (Å²) in [6.45, 7) is 4.12. The van der Waals surface area contributed by atoms with Crippen molar-refractivity contribution in [3.8, 4) is 0 Å². The summed E-state index contributed by atoms with van der Waals surface area (Å²) in [6, 6.07) is 3.20. The van der Waals surface area contributed by atoms with Crippen LogP contribution in [0.5, 0.6) is 0 Å². The van der Waals surface area contributed by atoms with Crippen molar-refractivity contribution < 1.29 is 4.79 Å². The van der Waals surface area contributed by atoms with Crippen LogP contribution < -0.4 is 5.56 Å². The summed E-state index contributed by atoms with van der Waals surface area (Å²) in [5.74, 6) is 0.413. The number of nitrogens with zero attached hydrogens (tertiary/aromatic N) is 3. The van der Waals surface area contributed by atoms with Gasteiger partial charge in [0.15, 0.2) is 0 Å².